The van der Waals surface area contributed by atoms with Gasteiger partial charge in [-0.25, -0.2) is 0 Å². The van der Waals surface area contributed by atoms with Crippen LogP contribution in [0, 0.1) is 0 Å². The molecule has 2 rings (SSSR count). The van der Waals surface area contributed by atoms with Crippen molar-refractivity contribution in [3.63, 3.8) is 0 Å². The van der Waals surface area contributed by atoms with E-state index in [0.29, 0.717) is 0 Å². The average Bonchev–Trinajstić information content (AvgIpc) is 2.95. The molecule has 1 heterocycles. The van der Waals surface area contributed by atoms with Crippen molar-refractivity contribution in [2.24, 2.45) is 0 Å². The molecule has 0 saturated heterocycles. The fraction of sp³-hybridized carbons (Fsp3) is 0.222. The van der Waals surface area contributed by atoms with E-state index in [1.165, 1.54) is 0 Å². The maximum absolute atomic E-state index is 5.65. The lowest BCUT2D eigenvalue weighted by molar-refractivity contribution is 0.571. The molecule has 0 aliphatic heterocycles. The number of furan rings is 1. The van der Waals surface area contributed by atoms with Crippen molar-refractivity contribution in [1.29, 1.82) is 0 Å². The summed E-state index contributed by atoms with van der Waals surface area (Å²) in [4.78, 5) is 0. The van der Waals surface area contributed by atoms with Crippen molar-refractivity contribution in [2.75, 3.05) is 0 Å². The summed E-state index contributed by atoms with van der Waals surface area (Å²) in [6, 6.07) is 11.9. The second-order valence-electron chi connectivity index (χ2n) is 3.20. The van der Waals surface area contributed by atoms with E-state index in [2.05, 4.69) is 13.2 Å². The molecule has 0 unspecified atom stereocenters. The van der Waals surface area contributed by atoms with Crippen LogP contribution >= 0.6 is 0 Å². The normalized spacial score (nSPS) is 8.42. The second kappa shape index (κ2) is 9.95. The van der Waals surface area contributed by atoms with E-state index in [4.69, 9.17) is 4.42 Å². The molecule has 0 amide bonds. The highest BCUT2D eigenvalue weighted by Crippen LogP contribution is 2.26. The molecule has 19 heavy (non-hydrogen) atoms. The first-order valence-electron chi connectivity index (χ1n) is 6.79. The Kier molecular flexibility index (Phi) is 8.90. The van der Waals surface area contributed by atoms with Crippen molar-refractivity contribution in [3.05, 3.63) is 60.9 Å². The highest BCUT2D eigenvalue weighted by molar-refractivity contribution is 5.68. The first-order valence-corrected chi connectivity index (χ1v) is 6.79. The largest absolute Gasteiger partial charge is 0.456 e. The Morgan fingerprint density at radius 1 is 0.895 bits per heavy atom. The highest BCUT2D eigenvalue weighted by atomic mass is 16.3. The van der Waals surface area contributed by atoms with Gasteiger partial charge in [0.25, 0.3) is 0 Å². The Morgan fingerprint density at radius 3 is 1.89 bits per heavy atom. The van der Waals surface area contributed by atoms with Crippen molar-refractivity contribution < 1.29 is 4.42 Å². The number of benzene rings is 1. The van der Waals surface area contributed by atoms with Crippen LogP contribution in [0.1, 0.15) is 39.0 Å². The van der Waals surface area contributed by atoms with Gasteiger partial charge in [-0.05, 0) is 12.1 Å². The fourth-order valence-corrected chi connectivity index (χ4v) is 1.48. The standard InChI is InChI=1S/C14H12O.2C2H6/c1-3-11-10-14(15-13(11)4-2)12-8-6-5-7-9-12;2*1-2/h3-10H,1-2H2;2*1-2H3. The average molecular weight is 256 g/mol. The molecule has 0 spiro atoms. The molecular weight excluding hydrogens is 232 g/mol. The second-order valence-corrected chi connectivity index (χ2v) is 3.20. The minimum atomic E-state index is 0.767. The van der Waals surface area contributed by atoms with Gasteiger partial charge in [0.2, 0.25) is 0 Å². The highest BCUT2D eigenvalue weighted by Gasteiger charge is 2.06. The Bertz CT molecular complexity index is 452. The molecule has 0 saturated carbocycles. The molecule has 1 nitrogen and oxygen atoms in total. The van der Waals surface area contributed by atoms with Gasteiger partial charge in [-0.1, -0.05) is 77.3 Å². The van der Waals surface area contributed by atoms with Crippen LogP contribution in [-0.4, -0.2) is 0 Å². The van der Waals surface area contributed by atoms with Crippen LogP contribution in [0.4, 0.5) is 0 Å². The Labute approximate surface area is 117 Å². The van der Waals surface area contributed by atoms with Crippen LogP contribution < -0.4 is 0 Å². The lowest BCUT2D eigenvalue weighted by Gasteiger charge is -1.93. The summed E-state index contributed by atoms with van der Waals surface area (Å²) in [6.45, 7) is 15.4. The van der Waals surface area contributed by atoms with Crippen LogP contribution in [0.15, 0.2) is 54.0 Å². The molecule has 0 fully saturated rings. The molecule has 0 aliphatic carbocycles. The van der Waals surface area contributed by atoms with Crippen molar-refractivity contribution in [3.8, 4) is 11.3 Å². The number of hydrogen-bond donors (Lipinski definition) is 0. The Morgan fingerprint density at radius 2 is 1.47 bits per heavy atom. The number of hydrogen-bond acceptors (Lipinski definition) is 1. The smallest absolute Gasteiger partial charge is 0.135 e. The lowest BCUT2D eigenvalue weighted by atomic mass is 10.1. The van der Waals surface area contributed by atoms with Crippen LogP contribution in [0.2, 0.25) is 0 Å². The number of rotatable bonds is 3. The molecule has 0 bridgehead atoms. The molecule has 1 aromatic heterocycles. The van der Waals surface area contributed by atoms with Gasteiger partial charge < -0.3 is 4.42 Å². The van der Waals surface area contributed by atoms with E-state index in [1.807, 2.05) is 64.1 Å². The summed E-state index contributed by atoms with van der Waals surface area (Å²) in [6.07, 6.45) is 3.47. The molecule has 0 radical (unpaired) electrons. The van der Waals surface area contributed by atoms with Crippen LogP contribution in [-0.2, 0) is 0 Å². The van der Waals surface area contributed by atoms with Gasteiger partial charge in [0.15, 0.2) is 0 Å². The Balaban J connectivity index is 0.000000741. The summed E-state index contributed by atoms with van der Waals surface area (Å²) in [5, 5.41) is 0. The third-order valence-corrected chi connectivity index (χ3v) is 2.25. The van der Waals surface area contributed by atoms with Gasteiger partial charge >= 0.3 is 0 Å². The summed E-state index contributed by atoms with van der Waals surface area (Å²) >= 11 is 0. The van der Waals surface area contributed by atoms with E-state index >= 15 is 0 Å². The zero-order valence-electron chi connectivity index (χ0n) is 12.4. The predicted molar refractivity (Wildman–Crippen MR) is 87.0 cm³/mol. The molecule has 0 aliphatic rings. The van der Waals surface area contributed by atoms with Crippen molar-refractivity contribution in [2.45, 2.75) is 27.7 Å². The van der Waals surface area contributed by atoms with Crippen LogP contribution in [0.5, 0.6) is 0 Å². The molecule has 1 aromatic carbocycles. The monoisotopic (exact) mass is 256 g/mol. The predicted octanol–water partition coefficient (Wildman–Crippen LogP) is 6.29. The van der Waals surface area contributed by atoms with Crippen molar-refractivity contribution >= 4 is 12.2 Å². The summed E-state index contributed by atoms with van der Waals surface area (Å²) in [5.74, 6) is 1.62. The molecule has 1 heteroatoms. The van der Waals surface area contributed by atoms with E-state index in [-0.39, 0.29) is 0 Å². The van der Waals surface area contributed by atoms with E-state index < -0.39 is 0 Å². The summed E-state index contributed by atoms with van der Waals surface area (Å²) in [7, 11) is 0. The first kappa shape index (κ1) is 17.0. The molecule has 0 atom stereocenters. The van der Waals surface area contributed by atoms with Crippen molar-refractivity contribution in [1.82, 2.24) is 0 Å². The maximum Gasteiger partial charge on any atom is 0.135 e. The Hall–Kier alpha value is -2.02. The maximum atomic E-state index is 5.65. The first-order chi connectivity index (χ1) is 9.35. The zero-order chi connectivity index (χ0) is 14.7. The minimum absolute atomic E-state index is 0.767. The van der Waals surface area contributed by atoms with E-state index in [9.17, 15) is 0 Å². The van der Waals surface area contributed by atoms with Gasteiger partial charge in [0, 0.05) is 11.1 Å². The molecule has 0 N–H and O–H groups in total. The topological polar surface area (TPSA) is 13.1 Å². The lowest BCUT2D eigenvalue weighted by Crippen LogP contribution is -1.69. The van der Waals surface area contributed by atoms with Crippen LogP contribution in [0.25, 0.3) is 23.5 Å². The third-order valence-electron chi connectivity index (χ3n) is 2.25. The molecule has 102 valence electrons. The minimum Gasteiger partial charge on any atom is -0.456 e. The zero-order valence-corrected chi connectivity index (χ0v) is 12.4. The van der Waals surface area contributed by atoms with Crippen LogP contribution in [0.3, 0.4) is 0 Å². The summed E-state index contributed by atoms with van der Waals surface area (Å²) in [5.41, 5.74) is 2.04. The van der Waals surface area contributed by atoms with Gasteiger partial charge in [-0.3, -0.25) is 0 Å². The van der Waals surface area contributed by atoms with Gasteiger partial charge in [0.05, 0.1) is 0 Å². The van der Waals surface area contributed by atoms with Gasteiger partial charge in [-0.15, -0.1) is 0 Å². The third kappa shape index (κ3) is 4.63. The van der Waals surface area contributed by atoms with E-state index in [0.717, 1.165) is 22.6 Å². The SMILES string of the molecule is C=Cc1cc(-c2ccccc2)oc1C=C.CC.CC. The summed E-state index contributed by atoms with van der Waals surface area (Å²) < 4.78 is 5.65. The fourth-order valence-electron chi connectivity index (χ4n) is 1.48. The van der Waals surface area contributed by atoms with Gasteiger partial charge in [0.1, 0.15) is 11.5 Å². The quantitative estimate of drug-likeness (QED) is 0.629. The molecular formula is C18H24O. The van der Waals surface area contributed by atoms with Gasteiger partial charge in [-0.2, -0.15) is 0 Å². The van der Waals surface area contributed by atoms with E-state index in [1.54, 1.807) is 12.2 Å². The molecule has 2 aromatic rings.